The normalized spacial score (nSPS) is 10.6. The molecule has 1 aromatic heterocycles. The largest absolute Gasteiger partial charge is 0.375 e. The molecule has 0 fully saturated rings. The molecule has 0 aliphatic carbocycles. The molecular weight excluding hydrogens is 270 g/mol. The minimum absolute atomic E-state index is 0.00613. The Kier molecular flexibility index (Phi) is 4.39. The van der Waals surface area contributed by atoms with E-state index in [4.69, 9.17) is 5.73 Å². The predicted octanol–water partition coefficient (Wildman–Crippen LogP) is 2.51. The number of benzene rings is 1. The Morgan fingerprint density at radius 1 is 1.30 bits per heavy atom. The Bertz CT molecular complexity index is 611. The van der Waals surface area contributed by atoms with E-state index in [9.17, 15) is 4.79 Å². The Balaban J connectivity index is 1.98. The summed E-state index contributed by atoms with van der Waals surface area (Å²) >= 11 is 1.38. The monoisotopic (exact) mass is 289 g/mol. The van der Waals surface area contributed by atoms with E-state index in [-0.39, 0.29) is 5.91 Å². The quantitative estimate of drug-likeness (QED) is 0.908. The summed E-state index contributed by atoms with van der Waals surface area (Å²) in [6, 6.07) is 4.22. The van der Waals surface area contributed by atoms with E-state index in [1.54, 1.807) is 0 Å². The topological polar surface area (TPSA) is 68.0 Å². The standard InChI is InChI=1S/C15H19N3OS/c1-9-4-10(2)13(11(3)5-9)6-14(19)17-7-12-8-20-15(16)18-12/h4-5,8H,6-7H2,1-3H3,(H2,16,18)(H,17,19). The van der Waals surface area contributed by atoms with Gasteiger partial charge in [-0.2, -0.15) is 0 Å². The van der Waals surface area contributed by atoms with E-state index >= 15 is 0 Å². The maximum Gasteiger partial charge on any atom is 0.224 e. The Morgan fingerprint density at radius 2 is 1.95 bits per heavy atom. The molecule has 0 bridgehead atoms. The molecule has 0 aliphatic rings. The first-order valence-corrected chi connectivity index (χ1v) is 7.37. The number of anilines is 1. The summed E-state index contributed by atoms with van der Waals surface area (Å²) in [7, 11) is 0. The lowest BCUT2D eigenvalue weighted by molar-refractivity contribution is -0.120. The minimum atomic E-state index is 0.00613. The number of nitrogen functional groups attached to an aromatic ring is 1. The van der Waals surface area contributed by atoms with Crippen molar-refractivity contribution in [1.82, 2.24) is 10.3 Å². The molecule has 5 heteroatoms. The zero-order chi connectivity index (χ0) is 14.7. The van der Waals surface area contributed by atoms with Crippen LogP contribution in [0.15, 0.2) is 17.5 Å². The number of aryl methyl sites for hydroxylation is 3. The summed E-state index contributed by atoms with van der Waals surface area (Å²) in [5.74, 6) is 0.00613. The van der Waals surface area contributed by atoms with Crippen molar-refractivity contribution in [2.24, 2.45) is 0 Å². The van der Waals surface area contributed by atoms with Gasteiger partial charge in [0.05, 0.1) is 18.7 Å². The lowest BCUT2D eigenvalue weighted by Gasteiger charge is -2.11. The second-order valence-electron chi connectivity index (χ2n) is 5.01. The molecule has 2 rings (SSSR count). The molecule has 1 heterocycles. The molecule has 1 aromatic carbocycles. The molecule has 3 N–H and O–H groups in total. The maximum atomic E-state index is 12.0. The number of thiazole rings is 1. The van der Waals surface area contributed by atoms with Gasteiger partial charge in [-0.05, 0) is 37.5 Å². The molecule has 0 aliphatic heterocycles. The van der Waals surface area contributed by atoms with Crippen molar-refractivity contribution in [3.63, 3.8) is 0 Å². The van der Waals surface area contributed by atoms with Crippen LogP contribution in [0.5, 0.6) is 0 Å². The van der Waals surface area contributed by atoms with Gasteiger partial charge in [-0.15, -0.1) is 11.3 Å². The van der Waals surface area contributed by atoms with Crippen LogP contribution in [0.25, 0.3) is 0 Å². The lowest BCUT2D eigenvalue weighted by atomic mass is 9.97. The predicted molar refractivity (Wildman–Crippen MR) is 82.7 cm³/mol. The fourth-order valence-corrected chi connectivity index (χ4v) is 2.87. The van der Waals surface area contributed by atoms with Crippen LogP contribution in [0.2, 0.25) is 0 Å². The molecule has 1 amide bonds. The Hall–Kier alpha value is -1.88. The number of hydrogen-bond donors (Lipinski definition) is 2. The van der Waals surface area contributed by atoms with Gasteiger partial charge in [-0.25, -0.2) is 4.98 Å². The maximum absolute atomic E-state index is 12.0. The zero-order valence-electron chi connectivity index (χ0n) is 12.0. The number of aromatic nitrogens is 1. The van der Waals surface area contributed by atoms with Crippen LogP contribution in [0, 0.1) is 20.8 Å². The summed E-state index contributed by atoms with van der Waals surface area (Å²) in [6.45, 7) is 6.58. The number of nitrogens with zero attached hydrogens (tertiary/aromatic N) is 1. The van der Waals surface area contributed by atoms with Gasteiger partial charge < -0.3 is 11.1 Å². The molecule has 20 heavy (non-hydrogen) atoms. The number of nitrogens with two attached hydrogens (primary N) is 1. The highest BCUT2D eigenvalue weighted by atomic mass is 32.1. The second kappa shape index (κ2) is 6.05. The van der Waals surface area contributed by atoms with E-state index in [0.29, 0.717) is 18.1 Å². The third kappa shape index (κ3) is 3.57. The average molecular weight is 289 g/mol. The van der Waals surface area contributed by atoms with Crippen LogP contribution in [0.1, 0.15) is 27.9 Å². The van der Waals surface area contributed by atoms with Gasteiger partial charge in [0.1, 0.15) is 0 Å². The van der Waals surface area contributed by atoms with E-state index < -0.39 is 0 Å². The highest BCUT2D eigenvalue weighted by Gasteiger charge is 2.10. The summed E-state index contributed by atoms with van der Waals surface area (Å²) in [6.07, 6.45) is 0.400. The molecule has 0 saturated carbocycles. The first-order chi connectivity index (χ1) is 9.45. The van der Waals surface area contributed by atoms with Crippen LogP contribution >= 0.6 is 11.3 Å². The lowest BCUT2D eigenvalue weighted by Crippen LogP contribution is -2.25. The molecule has 2 aromatic rings. The fraction of sp³-hybridized carbons (Fsp3) is 0.333. The van der Waals surface area contributed by atoms with Gasteiger partial charge in [0.2, 0.25) is 5.91 Å². The molecule has 4 nitrogen and oxygen atoms in total. The van der Waals surface area contributed by atoms with Crippen molar-refractivity contribution in [3.05, 3.63) is 45.5 Å². The first-order valence-electron chi connectivity index (χ1n) is 6.49. The van der Waals surface area contributed by atoms with Crippen molar-refractivity contribution in [3.8, 4) is 0 Å². The smallest absolute Gasteiger partial charge is 0.224 e. The fourth-order valence-electron chi connectivity index (χ4n) is 2.30. The number of carbonyl (C=O) groups excluding carboxylic acids is 1. The molecule has 0 saturated heterocycles. The van der Waals surface area contributed by atoms with Gasteiger partial charge in [0.15, 0.2) is 5.13 Å². The number of nitrogens with one attached hydrogen (secondary N) is 1. The van der Waals surface area contributed by atoms with Crippen LogP contribution < -0.4 is 11.1 Å². The van der Waals surface area contributed by atoms with Gasteiger partial charge in [-0.1, -0.05) is 17.7 Å². The highest BCUT2D eigenvalue weighted by molar-refractivity contribution is 7.13. The van der Waals surface area contributed by atoms with Crippen LogP contribution in [-0.2, 0) is 17.8 Å². The number of hydrogen-bond acceptors (Lipinski definition) is 4. The second-order valence-corrected chi connectivity index (χ2v) is 5.90. The third-order valence-electron chi connectivity index (χ3n) is 3.21. The summed E-state index contributed by atoms with van der Waals surface area (Å²) in [5.41, 5.74) is 11.0. The number of amides is 1. The van der Waals surface area contributed by atoms with E-state index in [1.807, 2.05) is 19.2 Å². The molecular formula is C15H19N3OS. The van der Waals surface area contributed by atoms with Crippen molar-refractivity contribution in [1.29, 1.82) is 0 Å². The first kappa shape index (κ1) is 14.5. The van der Waals surface area contributed by atoms with Gasteiger partial charge in [0, 0.05) is 5.38 Å². The zero-order valence-corrected chi connectivity index (χ0v) is 12.8. The average Bonchev–Trinajstić information content (AvgIpc) is 2.77. The molecule has 0 radical (unpaired) electrons. The summed E-state index contributed by atoms with van der Waals surface area (Å²) in [4.78, 5) is 16.1. The van der Waals surface area contributed by atoms with Crippen molar-refractivity contribution in [2.75, 3.05) is 5.73 Å². The van der Waals surface area contributed by atoms with Crippen molar-refractivity contribution in [2.45, 2.75) is 33.7 Å². The highest BCUT2D eigenvalue weighted by Crippen LogP contribution is 2.17. The van der Waals surface area contributed by atoms with Gasteiger partial charge in [0.25, 0.3) is 0 Å². The number of rotatable bonds is 4. The van der Waals surface area contributed by atoms with Crippen molar-refractivity contribution >= 4 is 22.4 Å². The van der Waals surface area contributed by atoms with E-state index in [2.05, 4.69) is 29.4 Å². The summed E-state index contributed by atoms with van der Waals surface area (Å²) < 4.78 is 0. The molecule has 0 atom stereocenters. The van der Waals surface area contributed by atoms with Gasteiger partial charge in [-0.3, -0.25) is 4.79 Å². The van der Waals surface area contributed by atoms with E-state index in [1.165, 1.54) is 16.9 Å². The Labute approximate surface area is 123 Å². The van der Waals surface area contributed by atoms with Crippen LogP contribution in [0.3, 0.4) is 0 Å². The third-order valence-corrected chi connectivity index (χ3v) is 3.94. The van der Waals surface area contributed by atoms with Crippen LogP contribution in [0.4, 0.5) is 5.13 Å². The summed E-state index contributed by atoms with van der Waals surface area (Å²) in [5, 5.41) is 5.27. The van der Waals surface area contributed by atoms with Gasteiger partial charge >= 0.3 is 0 Å². The van der Waals surface area contributed by atoms with E-state index in [0.717, 1.165) is 22.4 Å². The minimum Gasteiger partial charge on any atom is -0.375 e. The SMILES string of the molecule is Cc1cc(C)c(CC(=O)NCc2csc(N)n2)c(C)c1. The number of carbonyl (C=O) groups is 1. The molecule has 0 unspecified atom stereocenters. The molecule has 106 valence electrons. The molecule has 0 spiro atoms. The Morgan fingerprint density at radius 3 is 2.50 bits per heavy atom. The van der Waals surface area contributed by atoms with Crippen LogP contribution in [-0.4, -0.2) is 10.9 Å². The van der Waals surface area contributed by atoms with Crippen molar-refractivity contribution < 1.29 is 4.79 Å².